The molecule has 1 aliphatic carbocycles. The summed E-state index contributed by atoms with van der Waals surface area (Å²) in [6.45, 7) is 21.6. The van der Waals surface area contributed by atoms with Crippen LogP contribution in [0.5, 0.6) is 0 Å². The number of aromatic nitrogens is 3. The first-order valence-corrected chi connectivity index (χ1v) is 24.0. The molecule has 1 saturated heterocycles. The minimum absolute atomic E-state index is 0. The second-order valence-electron chi connectivity index (χ2n) is 19.5. The van der Waals surface area contributed by atoms with Crippen LogP contribution in [-0.4, -0.2) is 66.2 Å². The number of aldehydes is 1. The number of methoxy groups -OCH3 is 1. The molecule has 5 heterocycles. The van der Waals surface area contributed by atoms with Gasteiger partial charge in [0.2, 0.25) is 0 Å². The molecule has 0 saturated carbocycles. The Kier molecular flexibility index (Phi) is 18.6. The van der Waals surface area contributed by atoms with Gasteiger partial charge < -0.3 is 34.8 Å². The zero-order valence-corrected chi connectivity index (χ0v) is 42.5. The van der Waals surface area contributed by atoms with E-state index >= 15 is 0 Å². The van der Waals surface area contributed by atoms with E-state index < -0.39 is 12.2 Å². The molecule has 6 atom stereocenters. The number of hydrogen-bond acceptors (Lipinski definition) is 6. The number of rotatable bonds is 21. The van der Waals surface area contributed by atoms with E-state index in [-0.39, 0.29) is 59.7 Å². The van der Waals surface area contributed by atoms with Crippen molar-refractivity contribution < 1.29 is 29.0 Å². The van der Waals surface area contributed by atoms with Crippen LogP contribution in [0.3, 0.4) is 0 Å². The molecule has 0 spiro atoms. The number of aliphatic hydroxyl groups excluding tert-OH is 1. The zero-order valence-electron chi connectivity index (χ0n) is 41.1. The van der Waals surface area contributed by atoms with Crippen LogP contribution < -0.4 is 25.7 Å². The van der Waals surface area contributed by atoms with Crippen molar-refractivity contribution in [2.24, 2.45) is 35.5 Å². The van der Waals surface area contributed by atoms with Gasteiger partial charge in [-0.2, -0.15) is 11.4 Å². The van der Waals surface area contributed by atoms with E-state index in [2.05, 4.69) is 48.5 Å². The van der Waals surface area contributed by atoms with Gasteiger partial charge in [0.25, 0.3) is 0 Å². The van der Waals surface area contributed by atoms with Crippen molar-refractivity contribution in [2.45, 2.75) is 153 Å². The number of ether oxygens (including phenoxy) is 2. The molecule has 1 N–H and O–H groups in total. The Hall–Kier alpha value is -3.90. The van der Waals surface area contributed by atoms with Crippen LogP contribution in [0.25, 0.3) is 29.1 Å². The third-order valence-electron chi connectivity index (χ3n) is 14.3. The summed E-state index contributed by atoms with van der Waals surface area (Å²) in [4.78, 5) is 55.4. The smallest absolute Gasteiger partial charge is 0.664 e. The molecule has 1 unspecified atom stereocenters. The van der Waals surface area contributed by atoms with E-state index in [0.29, 0.717) is 80.5 Å². The van der Waals surface area contributed by atoms with Crippen LogP contribution in [0.1, 0.15) is 185 Å². The predicted octanol–water partition coefficient (Wildman–Crippen LogP) is 9.33. The first-order chi connectivity index (χ1) is 30.6. The Bertz CT molecular complexity index is 2410. The molecule has 0 aromatic carbocycles. The van der Waals surface area contributed by atoms with Crippen LogP contribution in [-0.2, 0) is 20.7 Å². The van der Waals surface area contributed by atoms with E-state index in [1.807, 2.05) is 45.1 Å². The maximum absolute atomic E-state index is 14.4. The fourth-order valence-corrected chi connectivity index (χ4v) is 10.1. The summed E-state index contributed by atoms with van der Waals surface area (Å²) >= 11 is 0. The van der Waals surface area contributed by atoms with Gasteiger partial charge in [-0.3, -0.25) is 14.4 Å². The van der Waals surface area contributed by atoms with Crippen molar-refractivity contribution >= 4 is 64.9 Å². The maximum atomic E-state index is 14.4. The van der Waals surface area contributed by atoms with Gasteiger partial charge in [-0.25, -0.2) is 0 Å². The summed E-state index contributed by atoms with van der Waals surface area (Å²) in [5.74, 6) is 0.118. The third kappa shape index (κ3) is 11.8. The quantitative estimate of drug-likeness (QED) is 0.0364. The molecule has 10 nitrogen and oxygen atoms in total. The second kappa shape index (κ2) is 23.2. The van der Waals surface area contributed by atoms with Crippen molar-refractivity contribution in [3.8, 4) is 0 Å². The Labute approximate surface area is 403 Å². The molecule has 1 fully saturated rings. The second-order valence-corrected chi connectivity index (χ2v) is 19.5. The molecular weight excluding hydrogens is 825 g/mol. The van der Waals surface area contributed by atoms with Crippen LogP contribution in [0.2, 0.25) is 0 Å². The third-order valence-corrected chi connectivity index (χ3v) is 14.3. The molecular formula is C54H72MgN4O6-2. The van der Waals surface area contributed by atoms with Gasteiger partial charge in [-0.1, -0.05) is 138 Å². The van der Waals surface area contributed by atoms with E-state index in [9.17, 15) is 19.5 Å². The van der Waals surface area contributed by atoms with E-state index in [4.69, 9.17) is 29.7 Å². The largest absolute Gasteiger partial charge is 2.00 e. The molecule has 11 heteroatoms. The van der Waals surface area contributed by atoms with Gasteiger partial charge in [-0.05, 0) is 89.0 Å². The molecule has 8 bridgehead atoms. The van der Waals surface area contributed by atoms with E-state index in [0.717, 1.165) is 53.0 Å². The monoisotopic (exact) mass is 897 g/mol. The number of fused-ring (bicyclic) bond motifs is 7. The van der Waals surface area contributed by atoms with E-state index in [1.54, 1.807) is 0 Å². The summed E-state index contributed by atoms with van der Waals surface area (Å²) in [5.41, 5.74) is 9.60. The van der Waals surface area contributed by atoms with Gasteiger partial charge in [0.05, 0.1) is 5.92 Å². The predicted molar refractivity (Wildman–Crippen MR) is 261 cm³/mol. The number of nitrogens with zero attached hydrogens (tertiary/aromatic N) is 4. The fraction of sp³-hybridized carbons (Fsp3) is 0.574. The van der Waals surface area contributed by atoms with Crippen molar-refractivity contribution in [1.29, 1.82) is 0 Å². The number of carbonyl (C=O) groups is 3. The zero-order chi connectivity index (χ0) is 46.4. The Balaban J connectivity index is 0.00000793. The normalized spacial score (nSPS) is 22.3. The first kappa shape index (κ1) is 52.1. The Morgan fingerprint density at radius 3 is 2.14 bits per heavy atom. The fourth-order valence-electron chi connectivity index (χ4n) is 10.1. The minimum Gasteiger partial charge on any atom is -0.664 e. The van der Waals surface area contributed by atoms with Crippen LogP contribution >= 0.6 is 0 Å². The molecule has 3 aliphatic rings. The van der Waals surface area contributed by atoms with Crippen LogP contribution in [0.15, 0.2) is 23.0 Å². The summed E-state index contributed by atoms with van der Waals surface area (Å²) in [6.07, 6.45) is 19.6. The minimum atomic E-state index is -1.44. The van der Waals surface area contributed by atoms with Gasteiger partial charge in [0.1, 0.15) is 12.9 Å². The van der Waals surface area contributed by atoms with Crippen molar-refractivity contribution in [2.75, 3.05) is 13.7 Å². The first-order valence-electron chi connectivity index (χ1n) is 24.0. The molecule has 65 heavy (non-hydrogen) atoms. The average molecular weight is 897 g/mol. The molecule has 6 rings (SSSR count). The standard InChI is InChI=1S/C54H74N4O6.Mg/c1-12-38-34(7)42-27-46-40(29-59)36(9)41(56-46)26-43-35(8)39(51(57-43)49-50(54(62)63-11)53(61)48-37(10)44(58-52(48)49)28-45(38)55-42)22-23-47(60)64-25-24-33(6)21-15-20-32(5)19-14-18-31(4)17-13-16-30(2)3;/h24,26-32,35,39,50,54,62H,12-23,25H2,1-11H3,(H2-2,55,56,57,58,59,61);/q-2;+2/p-2/b33-24+,43-26-;/t31-,32-,35+,39+,50-,54?;/m1./s1. The van der Waals surface area contributed by atoms with Gasteiger partial charge in [-0.15, -0.1) is 33.5 Å². The average Bonchev–Trinajstić information content (AvgIpc) is 3.99. The maximum Gasteiger partial charge on any atom is 2.00 e. The topological polar surface area (TPSA) is 146 Å². The number of aliphatic hydroxyl groups is 1. The molecule has 0 amide bonds. The molecule has 0 radical (unpaired) electrons. The van der Waals surface area contributed by atoms with Gasteiger partial charge in [0.15, 0.2) is 12.1 Å². The van der Waals surface area contributed by atoms with Gasteiger partial charge in [0, 0.05) is 24.7 Å². The van der Waals surface area contributed by atoms with Crippen molar-refractivity contribution in [3.05, 3.63) is 95.2 Å². The molecule has 2 aliphatic heterocycles. The van der Waals surface area contributed by atoms with E-state index in [1.165, 1.54) is 57.6 Å². The number of carbonyl (C=O) groups excluding carboxylic acids is 3. The summed E-state index contributed by atoms with van der Waals surface area (Å²) in [5, 5.41) is 18.0. The summed E-state index contributed by atoms with van der Waals surface area (Å²) in [6, 6.07) is 0. The van der Waals surface area contributed by atoms with Gasteiger partial charge >= 0.3 is 29.0 Å². The Morgan fingerprint density at radius 2 is 1.49 bits per heavy atom. The SMILES string of the molecule is CCc1c(C)/c2[n-]/c1=C\c1[n-]c3c(c1C)C(=O)[C@H](C(O)OC)/C3=C1/[N-]/C(=C\c3[n-]c(c(C=O)c3C)\C=2)[C@@H](C)[C@@H]1CCC(=O)OC/C=C(\C)CCC[C@H](C)CCC[C@H](C)CCCC(C)C.[Mg+2]. The Morgan fingerprint density at radius 1 is 0.846 bits per heavy atom. The molecule has 3 aromatic heterocycles. The summed E-state index contributed by atoms with van der Waals surface area (Å²) < 4.78 is 11.2. The summed E-state index contributed by atoms with van der Waals surface area (Å²) in [7, 11) is 1.38. The molecule has 3 aromatic rings. The number of allylic oxidation sites excluding steroid dienone is 3. The van der Waals surface area contributed by atoms with Crippen molar-refractivity contribution in [1.82, 2.24) is 15.0 Å². The van der Waals surface area contributed by atoms with Crippen molar-refractivity contribution in [3.63, 3.8) is 0 Å². The van der Waals surface area contributed by atoms with Crippen LogP contribution in [0.4, 0.5) is 0 Å². The van der Waals surface area contributed by atoms with Crippen LogP contribution in [0, 0.1) is 56.3 Å². The molecule has 348 valence electrons. The number of ketones is 1. The number of esters is 1. The number of hydrogen-bond donors (Lipinski definition) is 1. The number of Topliss-reactive ketones (excluding diaryl/α,β-unsaturated/α-hetero) is 1.